The minimum atomic E-state index is -0.424. The molecule has 2 aliphatic rings. The van der Waals surface area contributed by atoms with Gasteiger partial charge in [-0.05, 0) is 34.4 Å². The largest absolute Gasteiger partial charge is 0.341 e. The van der Waals surface area contributed by atoms with Crippen LogP contribution in [0.15, 0.2) is 72.8 Å². The number of amides is 4. The second-order valence-corrected chi connectivity index (χ2v) is 11.0. The van der Waals surface area contributed by atoms with Gasteiger partial charge in [-0.3, -0.25) is 0 Å². The summed E-state index contributed by atoms with van der Waals surface area (Å²) in [5.74, 6) is -0.593. The lowest BCUT2D eigenvalue weighted by molar-refractivity contribution is -0.835. The van der Waals surface area contributed by atoms with Gasteiger partial charge in [-0.15, -0.1) is 20.0 Å². The number of rotatable bonds is 12. The zero-order chi connectivity index (χ0) is 29.7. The predicted molar refractivity (Wildman–Crippen MR) is 155 cm³/mol. The first-order valence-corrected chi connectivity index (χ1v) is 14.3. The van der Waals surface area contributed by atoms with Gasteiger partial charge in [-0.2, -0.15) is 0 Å². The molecule has 10 nitrogen and oxygen atoms in total. The molecule has 0 atom stereocenters. The van der Waals surface area contributed by atoms with Crippen LogP contribution < -0.4 is 22.3 Å². The molecular weight excluding hydrogens is 532 g/mol. The van der Waals surface area contributed by atoms with Crippen molar-refractivity contribution >= 4 is 23.6 Å². The molecule has 2 heterocycles. The molecule has 0 aromatic heterocycles. The minimum Gasteiger partial charge on any atom is -0.326 e. The summed E-state index contributed by atoms with van der Waals surface area (Å²) in [5.41, 5.74) is 23.5. The van der Waals surface area contributed by atoms with E-state index in [0.717, 1.165) is 33.4 Å². The van der Waals surface area contributed by atoms with Gasteiger partial charge in [0.25, 0.3) is 0 Å². The van der Waals surface area contributed by atoms with Gasteiger partial charge in [0, 0.05) is 24.2 Å². The van der Waals surface area contributed by atoms with Gasteiger partial charge < -0.3 is 11.5 Å². The summed E-state index contributed by atoms with van der Waals surface area (Å²) >= 11 is 0. The Morgan fingerprint density at radius 2 is 0.833 bits per heavy atom. The van der Waals surface area contributed by atoms with Crippen molar-refractivity contribution in [1.29, 1.82) is 0 Å². The third-order valence-electron chi connectivity index (χ3n) is 8.23. The summed E-state index contributed by atoms with van der Waals surface area (Å²) < 4.78 is -0.847. The van der Waals surface area contributed by atoms with Gasteiger partial charge in [0.2, 0.25) is 0 Å². The normalized spacial score (nSPS) is 17.8. The Hall–Kier alpha value is -3.90. The Morgan fingerprint density at radius 3 is 1.17 bits per heavy atom. The quantitative estimate of drug-likeness (QED) is 0.192. The van der Waals surface area contributed by atoms with Crippen molar-refractivity contribution in [2.75, 3.05) is 0 Å². The molecule has 0 spiro atoms. The lowest BCUT2D eigenvalue weighted by atomic mass is 10.1. The maximum atomic E-state index is 13.0. The van der Waals surface area contributed by atoms with Gasteiger partial charge in [-0.25, -0.2) is 19.2 Å². The van der Waals surface area contributed by atoms with Crippen molar-refractivity contribution in [3.63, 3.8) is 0 Å². The van der Waals surface area contributed by atoms with Crippen LogP contribution in [0.5, 0.6) is 0 Å². The molecule has 3 aromatic carbocycles. The molecule has 0 bridgehead atoms. The number of benzene rings is 3. The highest BCUT2D eigenvalue weighted by atomic mass is 16.2. The fraction of sp³-hybridized carbons (Fsp3) is 0.312. The van der Waals surface area contributed by atoms with Crippen LogP contribution in [0, 0.1) is 0 Å². The van der Waals surface area contributed by atoms with E-state index in [1.165, 1.54) is 0 Å². The van der Waals surface area contributed by atoms with Crippen molar-refractivity contribution in [1.82, 2.24) is 10.9 Å². The number of quaternary nitrogens is 2. The van der Waals surface area contributed by atoms with E-state index >= 15 is 0 Å². The molecule has 5 rings (SSSR count). The molecule has 42 heavy (non-hydrogen) atoms. The third kappa shape index (κ3) is 6.00. The second-order valence-electron chi connectivity index (χ2n) is 11.0. The number of imide groups is 2. The lowest BCUT2D eigenvalue weighted by Crippen LogP contribution is -2.60. The van der Waals surface area contributed by atoms with Crippen LogP contribution >= 0.6 is 0 Å². The van der Waals surface area contributed by atoms with Crippen LogP contribution in [-0.2, 0) is 58.4 Å². The molecule has 0 aliphatic carbocycles. The van der Waals surface area contributed by atoms with E-state index in [4.69, 9.17) is 11.5 Å². The fourth-order valence-electron chi connectivity index (χ4n) is 5.77. The molecule has 3 aromatic rings. The first-order chi connectivity index (χ1) is 20.3. The Bertz CT molecular complexity index is 1360. The SMILES string of the molecule is NCc1cccc(C[N+]2(NCc3ccc(CN[N+]4(Cc5cccc(CN)c5)C(=O)CCC4=O)cc3)C(=O)CCC2=O)c1. The third-order valence-corrected chi connectivity index (χ3v) is 8.23. The van der Waals surface area contributed by atoms with E-state index in [0.29, 0.717) is 26.2 Å². The molecule has 0 saturated carbocycles. The van der Waals surface area contributed by atoms with E-state index in [1.807, 2.05) is 72.8 Å². The first kappa shape index (κ1) is 29.6. The number of nitrogens with one attached hydrogen (secondary N) is 2. The Balaban J connectivity index is 1.27. The Morgan fingerprint density at radius 1 is 0.500 bits per heavy atom. The van der Waals surface area contributed by atoms with E-state index in [-0.39, 0.29) is 62.4 Å². The predicted octanol–water partition coefficient (Wildman–Crippen LogP) is 2.34. The van der Waals surface area contributed by atoms with Crippen LogP contribution in [0.4, 0.5) is 0 Å². The number of nitrogens with zero attached hydrogens (tertiary/aromatic N) is 2. The number of hydrogen-bond acceptors (Lipinski definition) is 8. The Labute approximate surface area is 245 Å². The zero-order valence-corrected chi connectivity index (χ0v) is 23.7. The van der Waals surface area contributed by atoms with Crippen LogP contribution in [0.25, 0.3) is 0 Å². The van der Waals surface area contributed by atoms with Gasteiger partial charge in [0.15, 0.2) is 0 Å². The van der Waals surface area contributed by atoms with Gasteiger partial charge in [0.05, 0.1) is 38.8 Å². The highest BCUT2D eigenvalue weighted by molar-refractivity contribution is 5.92. The highest BCUT2D eigenvalue weighted by Gasteiger charge is 2.51. The summed E-state index contributed by atoms with van der Waals surface area (Å²) in [5, 5.41) is 0. The fourth-order valence-corrected chi connectivity index (χ4v) is 5.77. The molecule has 0 radical (unpaired) electrons. The van der Waals surface area contributed by atoms with E-state index in [2.05, 4.69) is 10.9 Å². The summed E-state index contributed by atoms with van der Waals surface area (Å²) in [4.78, 5) is 52.0. The van der Waals surface area contributed by atoms with E-state index < -0.39 is 9.18 Å². The Kier molecular flexibility index (Phi) is 8.83. The number of hydrogen-bond donors (Lipinski definition) is 4. The topological polar surface area (TPSA) is 144 Å². The number of nitrogens with two attached hydrogens (primary N) is 2. The molecule has 6 N–H and O–H groups in total. The summed E-state index contributed by atoms with van der Waals surface area (Å²) in [6, 6.07) is 23.0. The molecule has 2 fully saturated rings. The summed E-state index contributed by atoms with van der Waals surface area (Å²) in [6.45, 7) is 1.85. The zero-order valence-electron chi connectivity index (χ0n) is 23.7. The summed E-state index contributed by atoms with van der Waals surface area (Å²) in [7, 11) is 0. The minimum absolute atomic E-state index is 0.148. The van der Waals surface area contributed by atoms with E-state index in [1.54, 1.807) is 0 Å². The van der Waals surface area contributed by atoms with E-state index in [9.17, 15) is 19.2 Å². The maximum Gasteiger partial charge on any atom is 0.341 e. The number of carbonyl (C=O) groups is 4. The highest BCUT2D eigenvalue weighted by Crippen LogP contribution is 2.26. The average Bonchev–Trinajstić information content (AvgIpc) is 3.45. The van der Waals surface area contributed by atoms with Crippen molar-refractivity contribution in [3.05, 3.63) is 106 Å². The molecule has 2 aliphatic heterocycles. The van der Waals surface area contributed by atoms with Crippen LogP contribution in [-0.4, -0.2) is 32.8 Å². The van der Waals surface area contributed by atoms with Gasteiger partial charge >= 0.3 is 23.6 Å². The van der Waals surface area contributed by atoms with Crippen molar-refractivity contribution < 1.29 is 28.4 Å². The van der Waals surface area contributed by atoms with Crippen molar-refractivity contribution in [2.24, 2.45) is 11.5 Å². The smallest absolute Gasteiger partial charge is 0.326 e. The lowest BCUT2D eigenvalue weighted by Gasteiger charge is -2.29. The van der Waals surface area contributed by atoms with Crippen molar-refractivity contribution in [3.8, 4) is 0 Å². The number of carbonyl (C=O) groups excluding carboxylic acids is 4. The second kappa shape index (κ2) is 12.5. The van der Waals surface area contributed by atoms with Crippen LogP contribution in [0.1, 0.15) is 59.1 Å². The summed E-state index contributed by atoms with van der Waals surface area (Å²) in [6.07, 6.45) is 0.837. The van der Waals surface area contributed by atoms with Crippen LogP contribution in [0.3, 0.4) is 0 Å². The van der Waals surface area contributed by atoms with Gasteiger partial charge in [0.1, 0.15) is 13.1 Å². The standard InChI is InChI=1S/C32H38N6O4/c33-17-25-3-1-5-27(15-25)21-37(29(39)11-12-30(37)40)35-19-23-7-9-24(10-8-23)20-36-38(31(41)13-14-32(38)42)22-28-6-2-4-26(16-28)18-34/h1-10,15-16,35-36H,11-14,17-22,33-34H2/q+2. The number of likely N-dealkylation sites (tertiary alicyclic amines) is 2. The molecular formula is C32H38N6O4+2. The molecule has 218 valence electrons. The molecule has 4 amide bonds. The molecule has 2 saturated heterocycles. The van der Waals surface area contributed by atoms with Crippen LogP contribution in [0.2, 0.25) is 0 Å². The van der Waals surface area contributed by atoms with Gasteiger partial charge in [-0.1, -0.05) is 60.7 Å². The monoisotopic (exact) mass is 570 g/mol. The first-order valence-electron chi connectivity index (χ1n) is 14.3. The molecule has 0 unspecified atom stereocenters. The van der Waals surface area contributed by atoms with Crippen molar-refractivity contribution in [2.45, 2.75) is 65.0 Å². The average molecular weight is 571 g/mol. The maximum absolute atomic E-state index is 13.0. The molecule has 10 heteroatoms.